The Morgan fingerprint density at radius 3 is 2.05 bits per heavy atom. The Kier molecular flexibility index (Phi) is 4.44. The van der Waals surface area contributed by atoms with Crippen molar-refractivity contribution in [1.82, 2.24) is 14.9 Å². The van der Waals surface area contributed by atoms with Crippen LogP contribution in [0.3, 0.4) is 0 Å². The summed E-state index contributed by atoms with van der Waals surface area (Å²) in [6.45, 7) is 1.54. The number of carbonyl (C=O) groups is 1. The summed E-state index contributed by atoms with van der Waals surface area (Å²) in [4.78, 5) is 21.9. The van der Waals surface area contributed by atoms with E-state index in [0.717, 1.165) is 24.2 Å². The number of aromatic nitrogens is 2. The molecule has 1 aliphatic rings. The van der Waals surface area contributed by atoms with Crippen molar-refractivity contribution in [3.05, 3.63) is 60.2 Å². The average molecular weight is 297 g/mol. The Balaban J connectivity index is 1.86. The summed E-state index contributed by atoms with van der Waals surface area (Å²) < 4.78 is 0. The summed E-state index contributed by atoms with van der Waals surface area (Å²) in [5.74, 6) is -0.904. The van der Waals surface area contributed by atoms with Gasteiger partial charge in [0.2, 0.25) is 0 Å². The van der Waals surface area contributed by atoms with E-state index in [9.17, 15) is 4.79 Å². The van der Waals surface area contributed by atoms with Gasteiger partial charge in [0.25, 0.3) is 0 Å². The molecule has 0 atom stereocenters. The van der Waals surface area contributed by atoms with Crippen LogP contribution in [0.1, 0.15) is 30.0 Å². The van der Waals surface area contributed by atoms with Gasteiger partial charge in [-0.1, -0.05) is 12.1 Å². The molecule has 2 aromatic rings. The van der Waals surface area contributed by atoms with Gasteiger partial charge >= 0.3 is 5.97 Å². The van der Waals surface area contributed by atoms with Gasteiger partial charge in [0.05, 0.1) is 12.0 Å². The van der Waals surface area contributed by atoms with E-state index in [1.165, 1.54) is 0 Å². The molecule has 0 unspecified atom stereocenters. The number of carboxylic acid groups (broad SMARTS) is 1. The minimum Gasteiger partial charge on any atom is -0.481 e. The first kappa shape index (κ1) is 14.7. The summed E-state index contributed by atoms with van der Waals surface area (Å²) in [6, 6.07) is 8.07. The Bertz CT molecular complexity index is 571. The van der Waals surface area contributed by atoms with Gasteiger partial charge in [0, 0.05) is 24.8 Å². The van der Waals surface area contributed by atoms with Gasteiger partial charge < -0.3 is 5.11 Å². The van der Waals surface area contributed by atoms with Crippen molar-refractivity contribution in [2.75, 3.05) is 13.1 Å². The molecular weight excluding hydrogens is 278 g/mol. The second kappa shape index (κ2) is 6.66. The zero-order chi connectivity index (χ0) is 15.4. The number of hydrogen-bond donors (Lipinski definition) is 1. The fraction of sp³-hybridized carbons (Fsp3) is 0.353. The molecule has 0 aromatic carbocycles. The van der Waals surface area contributed by atoms with Crippen molar-refractivity contribution in [2.24, 2.45) is 5.92 Å². The molecule has 5 heteroatoms. The number of pyridine rings is 2. The van der Waals surface area contributed by atoms with Gasteiger partial charge in [-0.25, -0.2) is 0 Å². The number of aliphatic carboxylic acids is 1. The lowest BCUT2D eigenvalue weighted by atomic mass is 9.92. The van der Waals surface area contributed by atoms with Crippen LogP contribution in [0, 0.1) is 5.92 Å². The molecule has 0 bridgehead atoms. The summed E-state index contributed by atoms with van der Waals surface area (Å²) in [5.41, 5.74) is 2.23. The normalized spacial score (nSPS) is 16.8. The molecule has 1 fully saturated rings. The van der Waals surface area contributed by atoms with E-state index in [1.807, 2.05) is 24.5 Å². The lowest BCUT2D eigenvalue weighted by Crippen LogP contribution is -2.39. The molecule has 0 aliphatic carbocycles. The molecule has 3 heterocycles. The van der Waals surface area contributed by atoms with Crippen molar-refractivity contribution in [3.8, 4) is 0 Å². The molecule has 1 saturated heterocycles. The number of nitrogens with zero attached hydrogens (tertiary/aromatic N) is 3. The summed E-state index contributed by atoms with van der Waals surface area (Å²) in [5, 5.41) is 9.16. The second-order valence-corrected chi connectivity index (χ2v) is 5.62. The fourth-order valence-electron chi connectivity index (χ4n) is 3.09. The van der Waals surface area contributed by atoms with E-state index in [1.54, 1.807) is 12.4 Å². The molecule has 22 heavy (non-hydrogen) atoms. The third kappa shape index (κ3) is 3.14. The van der Waals surface area contributed by atoms with Crippen LogP contribution in [-0.2, 0) is 4.79 Å². The predicted molar refractivity (Wildman–Crippen MR) is 82.2 cm³/mol. The van der Waals surface area contributed by atoms with Crippen LogP contribution >= 0.6 is 0 Å². The first-order valence-electron chi connectivity index (χ1n) is 7.52. The molecule has 0 spiro atoms. The van der Waals surface area contributed by atoms with Gasteiger partial charge in [-0.15, -0.1) is 0 Å². The van der Waals surface area contributed by atoms with Crippen LogP contribution in [0.5, 0.6) is 0 Å². The Labute approximate surface area is 129 Å². The molecule has 0 amide bonds. The van der Waals surface area contributed by atoms with Crippen LogP contribution in [0.4, 0.5) is 0 Å². The highest BCUT2D eigenvalue weighted by molar-refractivity contribution is 5.70. The molecule has 2 aromatic heterocycles. The number of piperidine rings is 1. The van der Waals surface area contributed by atoms with Crippen molar-refractivity contribution < 1.29 is 9.90 Å². The van der Waals surface area contributed by atoms with Crippen molar-refractivity contribution in [1.29, 1.82) is 0 Å². The van der Waals surface area contributed by atoms with Crippen LogP contribution in [-0.4, -0.2) is 39.0 Å². The first-order valence-corrected chi connectivity index (χ1v) is 7.52. The lowest BCUT2D eigenvalue weighted by molar-refractivity contribution is -0.143. The van der Waals surface area contributed by atoms with Gasteiger partial charge in [0.15, 0.2) is 0 Å². The molecule has 0 radical (unpaired) electrons. The molecule has 5 nitrogen and oxygen atoms in total. The Hall–Kier alpha value is -2.27. The maximum Gasteiger partial charge on any atom is 0.306 e. The Morgan fingerprint density at radius 1 is 1.09 bits per heavy atom. The van der Waals surface area contributed by atoms with Gasteiger partial charge in [0.1, 0.15) is 0 Å². The topological polar surface area (TPSA) is 66.3 Å². The minimum atomic E-state index is -0.682. The number of rotatable bonds is 4. The molecule has 1 N–H and O–H groups in total. The van der Waals surface area contributed by atoms with Gasteiger partial charge in [-0.05, 0) is 49.2 Å². The summed E-state index contributed by atoms with van der Waals surface area (Å²) >= 11 is 0. The highest BCUT2D eigenvalue weighted by Crippen LogP contribution is 2.31. The SMILES string of the molecule is O=C(O)C1CCN(C(c2cccnc2)c2cccnc2)CC1. The Morgan fingerprint density at radius 2 is 1.64 bits per heavy atom. The van der Waals surface area contributed by atoms with E-state index < -0.39 is 5.97 Å². The maximum atomic E-state index is 11.1. The second-order valence-electron chi connectivity index (χ2n) is 5.62. The van der Waals surface area contributed by atoms with Crippen molar-refractivity contribution in [3.63, 3.8) is 0 Å². The van der Waals surface area contributed by atoms with Gasteiger partial charge in [-0.3, -0.25) is 19.7 Å². The van der Waals surface area contributed by atoms with Crippen molar-refractivity contribution in [2.45, 2.75) is 18.9 Å². The van der Waals surface area contributed by atoms with Crippen LogP contribution in [0.25, 0.3) is 0 Å². The predicted octanol–water partition coefficient (Wildman–Crippen LogP) is 2.36. The summed E-state index contributed by atoms with van der Waals surface area (Å²) in [7, 11) is 0. The third-order valence-corrected chi connectivity index (χ3v) is 4.24. The van der Waals surface area contributed by atoms with Crippen LogP contribution < -0.4 is 0 Å². The van der Waals surface area contributed by atoms with E-state index in [-0.39, 0.29) is 12.0 Å². The maximum absolute atomic E-state index is 11.1. The first-order chi connectivity index (χ1) is 10.8. The molecular formula is C17H19N3O2. The molecule has 1 aliphatic heterocycles. The molecule has 0 saturated carbocycles. The lowest BCUT2D eigenvalue weighted by Gasteiger charge is -2.36. The van der Waals surface area contributed by atoms with Crippen molar-refractivity contribution >= 4 is 5.97 Å². The zero-order valence-electron chi connectivity index (χ0n) is 12.3. The largest absolute Gasteiger partial charge is 0.481 e. The highest BCUT2D eigenvalue weighted by atomic mass is 16.4. The summed E-state index contributed by atoms with van der Waals surface area (Å²) in [6.07, 6.45) is 8.65. The molecule has 114 valence electrons. The minimum absolute atomic E-state index is 0.0807. The average Bonchev–Trinajstić information content (AvgIpc) is 2.57. The van der Waals surface area contributed by atoms with E-state index in [0.29, 0.717) is 12.8 Å². The third-order valence-electron chi connectivity index (χ3n) is 4.24. The zero-order valence-corrected chi connectivity index (χ0v) is 12.3. The monoisotopic (exact) mass is 297 g/mol. The fourth-order valence-corrected chi connectivity index (χ4v) is 3.09. The number of likely N-dealkylation sites (tertiary alicyclic amines) is 1. The number of hydrogen-bond acceptors (Lipinski definition) is 4. The van der Waals surface area contributed by atoms with Crippen LogP contribution in [0.15, 0.2) is 49.1 Å². The standard InChI is InChI=1S/C17H19N3O2/c21-17(22)13-5-9-20(10-6-13)16(14-3-1-7-18-11-14)15-4-2-8-19-12-15/h1-4,7-8,11-13,16H,5-6,9-10H2,(H,21,22). The van der Waals surface area contributed by atoms with E-state index in [4.69, 9.17) is 5.11 Å². The van der Waals surface area contributed by atoms with E-state index >= 15 is 0 Å². The number of carboxylic acids is 1. The smallest absolute Gasteiger partial charge is 0.306 e. The molecule has 3 rings (SSSR count). The van der Waals surface area contributed by atoms with E-state index in [2.05, 4.69) is 27.0 Å². The van der Waals surface area contributed by atoms with Gasteiger partial charge in [-0.2, -0.15) is 0 Å². The van der Waals surface area contributed by atoms with Crippen LogP contribution in [0.2, 0.25) is 0 Å². The highest BCUT2D eigenvalue weighted by Gasteiger charge is 2.30. The quantitative estimate of drug-likeness (QED) is 0.938.